The number of nitrogens with one attached hydrogen (secondary N) is 1. The van der Waals surface area contributed by atoms with E-state index in [9.17, 15) is 9.90 Å². The van der Waals surface area contributed by atoms with E-state index < -0.39 is 0 Å². The fourth-order valence-electron chi connectivity index (χ4n) is 2.28. The second-order valence-electron chi connectivity index (χ2n) is 4.58. The van der Waals surface area contributed by atoms with Crippen LogP contribution in [0.5, 0.6) is 5.75 Å². The van der Waals surface area contributed by atoms with Gasteiger partial charge in [-0.25, -0.2) is 0 Å². The molecule has 2 rings (SSSR count). The first-order chi connectivity index (χ1) is 8.70. The van der Waals surface area contributed by atoms with Crippen LogP contribution in [0.25, 0.3) is 0 Å². The van der Waals surface area contributed by atoms with Crippen molar-refractivity contribution in [2.75, 3.05) is 11.9 Å². The SMILES string of the molecule is CCOc1ccccc1NC(=O)[C@@H]1CC[C@@H](O)C1. The normalized spacial score (nSPS) is 22.8. The van der Waals surface area contributed by atoms with Gasteiger partial charge in [-0.2, -0.15) is 0 Å². The highest BCUT2D eigenvalue weighted by Crippen LogP contribution is 2.29. The van der Waals surface area contributed by atoms with E-state index in [1.807, 2.05) is 31.2 Å². The molecule has 0 aliphatic heterocycles. The summed E-state index contributed by atoms with van der Waals surface area (Å²) in [5.41, 5.74) is 0.700. The van der Waals surface area contributed by atoms with Crippen molar-refractivity contribution in [3.63, 3.8) is 0 Å². The third kappa shape index (κ3) is 3.01. The third-order valence-electron chi connectivity index (χ3n) is 3.22. The summed E-state index contributed by atoms with van der Waals surface area (Å²) in [6.07, 6.45) is 1.69. The van der Waals surface area contributed by atoms with Gasteiger partial charge < -0.3 is 15.2 Å². The minimum absolute atomic E-state index is 0.0290. The molecule has 0 radical (unpaired) electrons. The van der Waals surface area contributed by atoms with Gasteiger partial charge in [-0.15, -0.1) is 0 Å². The van der Waals surface area contributed by atoms with Crippen molar-refractivity contribution in [2.24, 2.45) is 5.92 Å². The zero-order chi connectivity index (χ0) is 13.0. The van der Waals surface area contributed by atoms with E-state index in [-0.39, 0.29) is 17.9 Å². The molecule has 1 saturated carbocycles. The van der Waals surface area contributed by atoms with Crippen molar-refractivity contribution >= 4 is 11.6 Å². The summed E-state index contributed by atoms with van der Waals surface area (Å²) < 4.78 is 5.46. The van der Waals surface area contributed by atoms with Crippen molar-refractivity contribution in [3.8, 4) is 5.75 Å². The number of carbonyl (C=O) groups is 1. The molecule has 1 aromatic carbocycles. The zero-order valence-electron chi connectivity index (χ0n) is 10.6. The molecule has 2 atom stereocenters. The van der Waals surface area contributed by atoms with Crippen LogP contribution in [0.15, 0.2) is 24.3 Å². The summed E-state index contributed by atoms with van der Waals surface area (Å²) in [7, 11) is 0. The van der Waals surface area contributed by atoms with E-state index in [1.54, 1.807) is 0 Å². The van der Waals surface area contributed by atoms with Crippen molar-refractivity contribution in [1.29, 1.82) is 0 Å². The Morgan fingerprint density at radius 2 is 2.22 bits per heavy atom. The zero-order valence-corrected chi connectivity index (χ0v) is 10.6. The number of aliphatic hydroxyl groups excluding tert-OH is 1. The number of amides is 1. The van der Waals surface area contributed by atoms with Crippen LogP contribution in [0.2, 0.25) is 0 Å². The Morgan fingerprint density at radius 1 is 1.44 bits per heavy atom. The number of hydrogen-bond donors (Lipinski definition) is 2. The molecule has 2 N–H and O–H groups in total. The molecule has 98 valence electrons. The topological polar surface area (TPSA) is 58.6 Å². The Kier molecular flexibility index (Phi) is 4.20. The molecule has 0 aromatic heterocycles. The van der Waals surface area contributed by atoms with E-state index in [2.05, 4.69) is 5.32 Å². The molecule has 0 bridgehead atoms. The van der Waals surface area contributed by atoms with Crippen LogP contribution in [0.4, 0.5) is 5.69 Å². The lowest BCUT2D eigenvalue weighted by atomic mass is 10.1. The highest BCUT2D eigenvalue weighted by molar-refractivity contribution is 5.94. The van der Waals surface area contributed by atoms with Crippen molar-refractivity contribution in [1.82, 2.24) is 0 Å². The fourth-order valence-corrected chi connectivity index (χ4v) is 2.28. The predicted octanol–water partition coefficient (Wildman–Crippen LogP) is 2.18. The Morgan fingerprint density at radius 3 is 2.89 bits per heavy atom. The van der Waals surface area contributed by atoms with Gasteiger partial charge >= 0.3 is 0 Å². The average molecular weight is 249 g/mol. The molecule has 1 amide bonds. The summed E-state index contributed by atoms with van der Waals surface area (Å²) in [6.45, 7) is 2.47. The number of anilines is 1. The molecule has 1 aromatic rings. The van der Waals surface area contributed by atoms with Gasteiger partial charge in [0, 0.05) is 5.92 Å². The second-order valence-corrected chi connectivity index (χ2v) is 4.58. The molecule has 18 heavy (non-hydrogen) atoms. The van der Waals surface area contributed by atoms with Crippen LogP contribution in [0.1, 0.15) is 26.2 Å². The second kappa shape index (κ2) is 5.87. The molecule has 0 unspecified atom stereocenters. The first-order valence-electron chi connectivity index (χ1n) is 6.41. The van der Waals surface area contributed by atoms with Gasteiger partial charge in [0.15, 0.2) is 0 Å². The van der Waals surface area contributed by atoms with E-state index in [4.69, 9.17) is 4.74 Å². The lowest BCUT2D eigenvalue weighted by Crippen LogP contribution is -2.21. The first kappa shape index (κ1) is 12.9. The fraction of sp³-hybridized carbons (Fsp3) is 0.500. The molecule has 0 spiro atoms. The molecule has 1 aliphatic carbocycles. The summed E-state index contributed by atoms with van der Waals surface area (Å²) >= 11 is 0. The first-order valence-corrected chi connectivity index (χ1v) is 6.41. The molecular formula is C14H19NO3. The van der Waals surface area contributed by atoms with Gasteiger partial charge in [-0.1, -0.05) is 12.1 Å². The maximum absolute atomic E-state index is 12.0. The number of aliphatic hydroxyl groups is 1. The highest BCUT2D eigenvalue weighted by atomic mass is 16.5. The Bertz CT molecular complexity index is 419. The van der Waals surface area contributed by atoms with Crippen LogP contribution in [0, 0.1) is 5.92 Å². The van der Waals surface area contributed by atoms with E-state index in [0.29, 0.717) is 30.9 Å². The lowest BCUT2D eigenvalue weighted by Gasteiger charge is -2.14. The lowest BCUT2D eigenvalue weighted by molar-refractivity contribution is -0.119. The highest BCUT2D eigenvalue weighted by Gasteiger charge is 2.28. The van der Waals surface area contributed by atoms with Gasteiger partial charge in [0.1, 0.15) is 5.75 Å². The van der Waals surface area contributed by atoms with E-state index >= 15 is 0 Å². The summed E-state index contributed by atoms with van der Waals surface area (Å²) in [5.74, 6) is 0.570. The Labute approximate surface area is 107 Å². The average Bonchev–Trinajstić information content (AvgIpc) is 2.79. The Balaban J connectivity index is 2.02. The quantitative estimate of drug-likeness (QED) is 0.860. The van der Waals surface area contributed by atoms with Gasteiger partial charge in [-0.05, 0) is 38.3 Å². The van der Waals surface area contributed by atoms with E-state index in [1.165, 1.54) is 0 Å². The number of carbonyl (C=O) groups excluding carboxylic acids is 1. The third-order valence-corrected chi connectivity index (χ3v) is 3.22. The van der Waals surface area contributed by atoms with Crippen LogP contribution in [-0.2, 0) is 4.79 Å². The number of ether oxygens (including phenoxy) is 1. The summed E-state index contributed by atoms with van der Waals surface area (Å²) in [5, 5.41) is 12.3. The van der Waals surface area contributed by atoms with Crippen LogP contribution < -0.4 is 10.1 Å². The molecular weight excluding hydrogens is 230 g/mol. The van der Waals surface area contributed by atoms with Crippen molar-refractivity contribution < 1.29 is 14.6 Å². The van der Waals surface area contributed by atoms with E-state index in [0.717, 1.165) is 6.42 Å². The molecule has 4 nitrogen and oxygen atoms in total. The Hall–Kier alpha value is -1.55. The minimum Gasteiger partial charge on any atom is -0.492 e. The van der Waals surface area contributed by atoms with Crippen molar-refractivity contribution in [2.45, 2.75) is 32.3 Å². The molecule has 1 fully saturated rings. The van der Waals surface area contributed by atoms with Gasteiger partial charge in [0.25, 0.3) is 0 Å². The molecule has 0 saturated heterocycles. The molecule has 1 aliphatic rings. The van der Waals surface area contributed by atoms with Crippen molar-refractivity contribution in [3.05, 3.63) is 24.3 Å². The van der Waals surface area contributed by atoms with Gasteiger partial charge in [0.2, 0.25) is 5.91 Å². The monoisotopic (exact) mass is 249 g/mol. The number of benzene rings is 1. The molecule has 0 heterocycles. The maximum Gasteiger partial charge on any atom is 0.227 e. The van der Waals surface area contributed by atoms with Crippen LogP contribution >= 0.6 is 0 Å². The maximum atomic E-state index is 12.0. The van der Waals surface area contributed by atoms with Gasteiger partial charge in [-0.3, -0.25) is 4.79 Å². The number of hydrogen-bond acceptors (Lipinski definition) is 3. The summed E-state index contributed by atoms with van der Waals surface area (Å²) in [4.78, 5) is 12.0. The molecule has 4 heteroatoms. The van der Waals surface area contributed by atoms with Crippen LogP contribution in [-0.4, -0.2) is 23.7 Å². The van der Waals surface area contributed by atoms with Crippen LogP contribution in [0.3, 0.4) is 0 Å². The minimum atomic E-state index is -0.331. The number of rotatable bonds is 4. The standard InChI is InChI=1S/C14H19NO3/c1-2-18-13-6-4-3-5-12(13)15-14(17)10-7-8-11(16)9-10/h3-6,10-11,16H,2,7-9H2,1H3,(H,15,17)/t10-,11-/m1/s1. The smallest absolute Gasteiger partial charge is 0.227 e. The predicted molar refractivity (Wildman–Crippen MR) is 69.6 cm³/mol. The van der Waals surface area contributed by atoms with Gasteiger partial charge in [0.05, 0.1) is 18.4 Å². The number of para-hydroxylation sites is 2. The largest absolute Gasteiger partial charge is 0.492 e. The summed E-state index contributed by atoms with van der Waals surface area (Å²) in [6, 6.07) is 7.40.